The lowest BCUT2D eigenvalue weighted by atomic mass is 10.2. The van der Waals surface area contributed by atoms with Crippen molar-refractivity contribution in [2.45, 2.75) is 6.18 Å². The van der Waals surface area contributed by atoms with Crippen molar-refractivity contribution < 1.29 is 13.2 Å². The molecule has 2 nitrogen and oxygen atoms in total. The number of halogens is 6. The summed E-state index contributed by atoms with van der Waals surface area (Å²) in [4.78, 5) is 4.00. The second kappa shape index (κ2) is 5.91. The number of nitrogens with zero attached hydrogens (tertiary/aromatic N) is 1. The van der Waals surface area contributed by atoms with Crippen LogP contribution in [0.1, 0.15) is 5.56 Å². The summed E-state index contributed by atoms with van der Waals surface area (Å²) in [7, 11) is 0. The van der Waals surface area contributed by atoms with Gasteiger partial charge in [0.2, 0.25) is 0 Å². The molecule has 1 heterocycles. The average Bonchev–Trinajstić information content (AvgIpc) is 2.33. The van der Waals surface area contributed by atoms with Crippen LogP contribution in [0.5, 0.6) is 0 Å². The molecule has 0 aliphatic heterocycles. The number of nitrogens with one attached hydrogen (secondary N) is 1. The Hall–Kier alpha value is -0.790. The summed E-state index contributed by atoms with van der Waals surface area (Å²) in [6.45, 7) is 0. The topological polar surface area (TPSA) is 24.9 Å². The van der Waals surface area contributed by atoms with Crippen LogP contribution in [0.2, 0.25) is 5.02 Å². The third-order valence-electron chi connectivity index (χ3n) is 2.34. The fraction of sp³-hybridized carbons (Fsp3) is 0.0833. The maximum Gasteiger partial charge on any atom is 0.417 e. The van der Waals surface area contributed by atoms with E-state index in [1.807, 2.05) is 0 Å². The zero-order valence-electron chi connectivity index (χ0n) is 9.60. The van der Waals surface area contributed by atoms with Crippen molar-refractivity contribution in [3.8, 4) is 0 Å². The first-order valence-electron chi connectivity index (χ1n) is 5.22. The van der Waals surface area contributed by atoms with Gasteiger partial charge in [-0.2, -0.15) is 13.2 Å². The summed E-state index contributed by atoms with van der Waals surface area (Å²) in [5.41, 5.74) is -0.483. The van der Waals surface area contributed by atoms with Crippen LogP contribution in [0.4, 0.5) is 24.7 Å². The molecule has 0 amide bonds. The van der Waals surface area contributed by atoms with Crippen LogP contribution in [0.15, 0.2) is 39.4 Å². The Bertz CT molecular complexity index is 647. The molecule has 0 saturated heterocycles. The molecule has 8 heteroatoms. The van der Waals surface area contributed by atoms with Gasteiger partial charge in [0.15, 0.2) is 0 Å². The third-order valence-corrected chi connectivity index (χ3v) is 3.85. The molecule has 106 valence electrons. The lowest BCUT2D eigenvalue weighted by Crippen LogP contribution is -2.07. The van der Waals surface area contributed by atoms with E-state index in [-0.39, 0.29) is 10.2 Å². The number of alkyl halides is 3. The number of anilines is 2. The van der Waals surface area contributed by atoms with E-state index in [1.54, 1.807) is 6.07 Å². The third kappa shape index (κ3) is 3.65. The molecule has 0 spiro atoms. The molecule has 0 saturated carbocycles. The monoisotopic (exact) mass is 428 g/mol. The highest BCUT2D eigenvalue weighted by atomic mass is 79.9. The molecule has 0 fully saturated rings. The second-order valence-corrected chi connectivity index (χ2v) is 5.95. The molecule has 1 aromatic heterocycles. The van der Waals surface area contributed by atoms with Gasteiger partial charge in [0.25, 0.3) is 0 Å². The number of hydrogen-bond donors (Lipinski definition) is 1. The van der Waals surface area contributed by atoms with Crippen molar-refractivity contribution in [3.63, 3.8) is 0 Å². The Labute approximate surface area is 134 Å². The van der Waals surface area contributed by atoms with E-state index in [4.69, 9.17) is 11.6 Å². The van der Waals surface area contributed by atoms with Crippen molar-refractivity contribution in [2.75, 3.05) is 5.32 Å². The van der Waals surface area contributed by atoms with E-state index < -0.39 is 11.7 Å². The molecular weight excluding hydrogens is 424 g/mol. The van der Waals surface area contributed by atoms with Crippen molar-refractivity contribution in [2.24, 2.45) is 0 Å². The van der Waals surface area contributed by atoms with Crippen molar-refractivity contribution in [3.05, 3.63) is 50.0 Å². The lowest BCUT2D eigenvalue weighted by Gasteiger charge is -2.13. The maximum absolute atomic E-state index is 12.8. The number of benzene rings is 1. The summed E-state index contributed by atoms with van der Waals surface area (Å²) in [5, 5.41) is 3.23. The highest BCUT2D eigenvalue weighted by Crippen LogP contribution is 2.37. The smallest absolute Gasteiger partial charge is 0.339 e. The van der Waals surface area contributed by atoms with Crippen molar-refractivity contribution in [1.82, 2.24) is 4.98 Å². The SMILES string of the molecule is FC(F)(F)c1cc(Nc2ncc(Cl)cc2Br)ccc1Br. The number of hydrogen-bond acceptors (Lipinski definition) is 2. The Morgan fingerprint density at radius 2 is 1.80 bits per heavy atom. The summed E-state index contributed by atoms with van der Waals surface area (Å²) in [5.74, 6) is 0.379. The van der Waals surface area contributed by atoms with Crippen molar-refractivity contribution >= 4 is 55.0 Å². The highest BCUT2D eigenvalue weighted by Gasteiger charge is 2.33. The first-order valence-corrected chi connectivity index (χ1v) is 7.18. The van der Waals surface area contributed by atoms with Gasteiger partial charge in [0.1, 0.15) is 5.82 Å². The van der Waals surface area contributed by atoms with Gasteiger partial charge in [-0.25, -0.2) is 4.98 Å². The minimum absolute atomic E-state index is 0.0151. The predicted octanol–water partition coefficient (Wildman–Crippen LogP) is 6.02. The molecule has 0 unspecified atom stereocenters. The fourth-order valence-corrected chi connectivity index (χ4v) is 2.67. The summed E-state index contributed by atoms with van der Waals surface area (Å²) >= 11 is 11.9. The molecule has 2 rings (SSSR count). The number of pyridine rings is 1. The molecule has 2 aromatic rings. The van der Waals surface area contributed by atoms with E-state index in [1.165, 1.54) is 18.3 Å². The summed E-state index contributed by atoms with van der Waals surface area (Å²) in [6, 6.07) is 5.45. The van der Waals surface area contributed by atoms with Crippen LogP contribution < -0.4 is 5.32 Å². The standard InChI is InChI=1S/C12H6Br2ClF3N2/c13-9-2-1-7(4-8(9)12(16,17)18)20-11-10(14)3-6(15)5-19-11/h1-5H,(H,19,20). The molecule has 1 aromatic carbocycles. The molecule has 20 heavy (non-hydrogen) atoms. The van der Waals surface area contributed by atoms with E-state index in [2.05, 4.69) is 42.2 Å². The minimum atomic E-state index is -4.43. The van der Waals surface area contributed by atoms with Gasteiger partial charge in [0, 0.05) is 16.4 Å². The van der Waals surface area contributed by atoms with Gasteiger partial charge in [-0.15, -0.1) is 0 Å². The maximum atomic E-state index is 12.8. The zero-order valence-corrected chi connectivity index (χ0v) is 13.5. The van der Waals surface area contributed by atoms with E-state index in [0.29, 0.717) is 15.3 Å². The summed E-state index contributed by atoms with van der Waals surface area (Å²) < 4.78 is 38.9. The Morgan fingerprint density at radius 1 is 1.10 bits per heavy atom. The van der Waals surface area contributed by atoms with Crippen LogP contribution >= 0.6 is 43.5 Å². The van der Waals surface area contributed by atoms with Crippen LogP contribution in [-0.2, 0) is 6.18 Å². The van der Waals surface area contributed by atoms with Gasteiger partial charge < -0.3 is 5.32 Å². The molecule has 0 aliphatic carbocycles. The normalized spacial score (nSPS) is 11.5. The molecule has 0 aliphatic rings. The predicted molar refractivity (Wildman–Crippen MR) is 79.4 cm³/mol. The quantitative estimate of drug-likeness (QED) is 0.630. The van der Waals surface area contributed by atoms with Crippen LogP contribution in [0.3, 0.4) is 0 Å². The van der Waals surface area contributed by atoms with Crippen molar-refractivity contribution in [1.29, 1.82) is 0 Å². The van der Waals surface area contributed by atoms with E-state index in [0.717, 1.165) is 6.07 Å². The van der Waals surface area contributed by atoms with Crippen LogP contribution in [0, 0.1) is 0 Å². The Kier molecular flexibility index (Phi) is 4.61. The highest BCUT2D eigenvalue weighted by molar-refractivity contribution is 9.10. The number of aromatic nitrogens is 1. The van der Waals surface area contributed by atoms with E-state index >= 15 is 0 Å². The Balaban J connectivity index is 2.35. The zero-order chi connectivity index (χ0) is 14.9. The number of rotatable bonds is 2. The Morgan fingerprint density at radius 3 is 2.40 bits per heavy atom. The van der Waals surface area contributed by atoms with Crippen LogP contribution in [0.25, 0.3) is 0 Å². The largest absolute Gasteiger partial charge is 0.417 e. The molecule has 1 N–H and O–H groups in total. The average molecular weight is 430 g/mol. The van der Waals surface area contributed by atoms with Crippen LogP contribution in [-0.4, -0.2) is 4.98 Å². The second-order valence-electron chi connectivity index (χ2n) is 3.80. The molecule has 0 atom stereocenters. The summed E-state index contributed by atoms with van der Waals surface area (Å²) in [6.07, 6.45) is -3.03. The van der Waals surface area contributed by atoms with Gasteiger partial charge >= 0.3 is 6.18 Å². The molecule has 0 radical (unpaired) electrons. The first-order chi connectivity index (χ1) is 9.27. The van der Waals surface area contributed by atoms with Gasteiger partial charge in [-0.05, 0) is 40.2 Å². The van der Waals surface area contributed by atoms with Gasteiger partial charge in [-0.1, -0.05) is 27.5 Å². The van der Waals surface area contributed by atoms with Gasteiger partial charge in [-0.3, -0.25) is 0 Å². The minimum Gasteiger partial charge on any atom is -0.339 e. The first kappa shape index (κ1) is 15.6. The molecule has 0 bridgehead atoms. The fourth-order valence-electron chi connectivity index (χ4n) is 1.46. The van der Waals surface area contributed by atoms with Gasteiger partial charge in [0.05, 0.1) is 15.1 Å². The van der Waals surface area contributed by atoms with E-state index in [9.17, 15) is 13.2 Å². The lowest BCUT2D eigenvalue weighted by molar-refractivity contribution is -0.138. The molecular formula is C12H6Br2ClF3N2.